The number of anilines is 1. The molecular weight excluding hydrogens is 231 g/mol. The van der Waals surface area contributed by atoms with Gasteiger partial charge >= 0.3 is 0 Å². The van der Waals surface area contributed by atoms with Gasteiger partial charge in [0, 0.05) is 12.6 Å². The maximum absolute atomic E-state index is 4.84. The van der Waals surface area contributed by atoms with Crippen LogP contribution in [0.2, 0.25) is 0 Å². The van der Waals surface area contributed by atoms with Gasteiger partial charge in [0.15, 0.2) is 0 Å². The molecule has 0 aliphatic heterocycles. The third kappa shape index (κ3) is 1.85. The third-order valence-corrected chi connectivity index (χ3v) is 1.34. The van der Waals surface area contributed by atoms with Crippen LogP contribution in [-0.4, -0.2) is 11.7 Å². The van der Waals surface area contributed by atoms with Gasteiger partial charge in [0.1, 0.15) is 3.70 Å². The molecule has 0 aliphatic carbocycles. The van der Waals surface area contributed by atoms with Crippen molar-refractivity contribution in [1.82, 2.24) is 5.16 Å². The van der Waals surface area contributed by atoms with E-state index in [1.807, 2.05) is 13.0 Å². The summed E-state index contributed by atoms with van der Waals surface area (Å²) in [5.41, 5.74) is 0. The van der Waals surface area contributed by atoms with Gasteiger partial charge in [0.2, 0.25) is 5.88 Å². The van der Waals surface area contributed by atoms with Crippen LogP contribution in [0.25, 0.3) is 0 Å². The van der Waals surface area contributed by atoms with Gasteiger partial charge in [0.25, 0.3) is 0 Å². The lowest BCUT2D eigenvalue weighted by atomic mass is 10.6. The minimum absolute atomic E-state index is 0.738. The number of nitrogens with zero attached hydrogens (tertiary/aromatic N) is 1. The van der Waals surface area contributed by atoms with E-state index in [1.54, 1.807) is 0 Å². The van der Waals surface area contributed by atoms with Crippen molar-refractivity contribution in [3.8, 4) is 0 Å². The maximum atomic E-state index is 4.84. The van der Waals surface area contributed by atoms with Crippen LogP contribution in [0.4, 0.5) is 5.88 Å². The fourth-order valence-corrected chi connectivity index (χ4v) is 0.893. The average molecular weight is 238 g/mol. The van der Waals surface area contributed by atoms with Crippen LogP contribution in [0.5, 0.6) is 0 Å². The first kappa shape index (κ1) is 6.85. The lowest BCUT2D eigenvalue weighted by Crippen LogP contribution is -1.93. The Hall–Kier alpha value is -0.260. The first-order valence-electron chi connectivity index (χ1n) is 2.69. The molecule has 1 rings (SSSR count). The van der Waals surface area contributed by atoms with Crippen LogP contribution in [-0.2, 0) is 0 Å². The first-order chi connectivity index (χ1) is 4.33. The van der Waals surface area contributed by atoms with Crippen molar-refractivity contribution in [2.24, 2.45) is 0 Å². The Labute approximate surface area is 66.9 Å². The normalized spacial score (nSPS) is 9.56. The molecule has 0 spiro atoms. The summed E-state index contributed by atoms with van der Waals surface area (Å²) in [6.07, 6.45) is 0. The standard InChI is InChI=1S/C5H7IN2O/c1-2-7-5-3-4(6)8-9-5/h3,7H,2H2,1H3. The molecule has 4 heteroatoms. The van der Waals surface area contributed by atoms with Crippen LogP contribution < -0.4 is 5.32 Å². The van der Waals surface area contributed by atoms with E-state index < -0.39 is 0 Å². The summed E-state index contributed by atoms with van der Waals surface area (Å²) in [4.78, 5) is 0. The van der Waals surface area contributed by atoms with Gasteiger partial charge in [-0.3, -0.25) is 0 Å². The summed E-state index contributed by atoms with van der Waals surface area (Å²) in [5.74, 6) is 0.738. The molecule has 1 N–H and O–H groups in total. The van der Waals surface area contributed by atoms with Crippen molar-refractivity contribution in [2.45, 2.75) is 6.92 Å². The lowest BCUT2D eigenvalue weighted by Gasteiger charge is -1.90. The molecule has 1 aromatic heterocycles. The molecule has 0 saturated heterocycles. The predicted molar refractivity (Wildman–Crippen MR) is 43.4 cm³/mol. The fourth-order valence-electron chi connectivity index (χ4n) is 0.511. The molecule has 0 saturated carbocycles. The van der Waals surface area contributed by atoms with Gasteiger partial charge in [-0.1, -0.05) is 5.16 Å². The van der Waals surface area contributed by atoms with Crippen molar-refractivity contribution < 1.29 is 4.52 Å². The van der Waals surface area contributed by atoms with Gasteiger partial charge < -0.3 is 9.84 Å². The van der Waals surface area contributed by atoms with Gasteiger partial charge in [-0.15, -0.1) is 0 Å². The molecule has 0 unspecified atom stereocenters. The molecule has 0 aromatic carbocycles. The predicted octanol–water partition coefficient (Wildman–Crippen LogP) is 1.71. The van der Waals surface area contributed by atoms with Crippen LogP contribution in [0.3, 0.4) is 0 Å². The highest BCUT2D eigenvalue weighted by atomic mass is 127. The van der Waals surface area contributed by atoms with Crippen LogP contribution >= 0.6 is 22.6 Å². The molecule has 0 atom stereocenters. The molecule has 0 radical (unpaired) electrons. The van der Waals surface area contributed by atoms with Crippen LogP contribution in [0.15, 0.2) is 10.6 Å². The number of nitrogens with one attached hydrogen (secondary N) is 1. The van der Waals surface area contributed by atoms with E-state index in [1.165, 1.54) is 0 Å². The number of aromatic nitrogens is 1. The highest BCUT2D eigenvalue weighted by Gasteiger charge is 1.96. The summed E-state index contributed by atoms with van der Waals surface area (Å²) in [6.45, 7) is 2.88. The zero-order chi connectivity index (χ0) is 6.69. The number of hydrogen-bond acceptors (Lipinski definition) is 3. The second-order valence-electron chi connectivity index (χ2n) is 1.54. The smallest absolute Gasteiger partial charge is 0.225 e. The largest absolute Gasteiger partial charge is 0.354 e. The summed E-state index contributed by atoms with van der Waals surface area (Å²) in [7, 11) is 0. The Kier molecular flexibility index (Phi) is 2.32. The van der Waals surface area contributed by atoms with E-state index in [9.17, 15) is 0 Å². The van der Waals surface area contributed by atoms with Crippen molar-refractivity contribution in [1.29, 1.82) is 0 Å². The SMILES string of the molecule is CCNc1cc(I)no1. The second kappa shape index (κ2) is 3.05. The Bertz CT molecular complexity index is 187. The zero-order valence-corrected chi connectivity index (χ0v) is 7.18. The van der Waals surface area contributed by atoms with Crippen LogP contribution in [0, 0.1) is 3.70 Å². The molecule has 1 heterocycles. The van der Waals surface area contributed by atoms with E-state index >= 15 is 0 Å². The average Bonchev–Trinajstić information content (AvgIpc) is 2.17. The summed E-state index contributed by atoms with van der Waals surface area (Å²) >= 11 is 2.10. The first-order valence-corrected chi connectivity index (χ1v) is 3.77. The molecule has 0 fully saturated rings. The molecule has 3 nitrogen and oxygen atoms in total. The lowest BCUT2D eigenvalue weighted by molar-refractivity contribution is 0.427. The molecular formula is C5H7IN2O. The third-order valence-electron chi connectivity index (χ3n) is 0.832. The quantitative estimate of drug-likeness (QED) is 0.797. The number of halogens is 1. The molecule has 0 bridgehead atoms. The van der Waals surface area contributed by atoms with E-state index in [0.717, 1.165) is 16.1 Å². The summed E-state index contributed by atoms with van der Waals surface area (Å²) in [5, 5.41) is 6.68. The van der Waals surface area contributed by atoms with Crippen molar-refractivity contribution in [2.75, 3.05) is 11.9 Å². The second-order valence-corrected chi connectivity index (χ2v) is 2.65. The number of rotatable bonds is 2. The molecule has 50 valence electrons. The Morgan fingerprint density at radius 1 is 1.89 bits per heavy atom. The number of hydrogen-bond donors (Lipinski definition) is 1. The van der Waals surface area contributed by atoms with Gasteiger partial charge in [-0.2, -0.15) is 0 Å². The monoisotopic (exact) mass is 238 g/mol. The van der Waals surface area contributed by atoms with Gasteiger partial charge in [0.05, 0.1) is 0 Å². The molecule has 0 amide bonds. The van der Waals surface area contributed by atoms with E-state index in [0.29, 0.717) is 0 Å². The zero-order valence-electron chi connectivity index (χ0n) is 5.02. The van der Waals surface area contributed by atoms with E-state index in [4.69, 9.17) is 4.52 Å². The van der Waals surface area contributed by atoms with Gasteiger partial charge in [-0.25, -0.2) is 0 Å². The maximum Gasteiger partial charge on any atom is 0.225 e. The Morgan fingerprint density at radius 2 is 2.67 bits per heavy atom. The minimum atomic E-state index is 0.738. The highest BCUT2D eigenvalue weighted by Crippen LogP contribution is 2.09. The van der Waals surface area contributed by atoms with Crippen molar-refractivity contribution in [3.63, 3.8) is 0 Å². The van der Waals surface area contributed by atoms with Gasteiger partial charge in [-0.05, 0) is 29.5 Å². The van der Waals surface area contributed by atoms with Crippen molar-refractivity contribution >= 4 is 28.5 Å². The summed E-state index contributed by atoms with van der Waals surface area (Å²) < 4.78 is 5.71. The molecule has 0 aliphatic rings. The molecule has 9 heavy (non-hydrogen) atoms. The van der Waals surface area contributed by atoms with Crippen molar-refractivity contribution in [3.05, 3.63) is 9.77 Å². The highest BCUT2D eigenvalue weighted by molar-refractivity contribution is 14.1. The Morgan fingerprint density at radius 3 is 3.11 bits per heavy atom. The fraction of sp³-hybridized carbons (Fsp3) is 0.400. The van der Waals surface area contributed by atoms with E-state index in [-0.39, 0.29) is 0 Å². The molecule has 1 aromatic rings. The minimum Gasteiger partial charge on any atom is -0.354 e. The summed E-state index contributed by atoms with van der Waals surface area (Å²) in [6, 6.07) is 1.85. The van der Waals surface area contributed by atoms with Crippen LogP contribution in [0.1, 0.15) is 6.92 Å². The topological polar surface area (TPSA) is 38.1 Å². The Balaban J connectivity index is 2.61. The van der Waals surface area contributed by atoms with E-state index in [2.05, 4.69) is 33.1 Å².